The van der Waals surface area contributed by atoms with E-state index in [0.29, 0.717) is 23.2 Å². The van der Waals surface area contributed by atoms with Crippen LogP contribution >= 0.6 is 11.8 Å². The molecule has 6 heteroatoms. The average molecular weight is 223 g/mol. The smallest absolute Gasteiger partial charge is 0.191 e. The number of unbranched alkanes of at least 4 members (excludes halogenated alkanes) is 2. The molecule has 0 radical (unpaired) electrons. The Labute approximate surface area is 92.9 Å². The molecule has 1 rings (SSSR count). The van der Waals surface area contributed by atoms with Gasteiger partial charge >= 0.3 is 0 Å². The quantitative estimate of drug-likeness (QED) is 0.445. The van der Waals surface area contributed by atoms with Gasteiger partial charge in [0.1, 0.15) is 11.6 Å². The molecule has 0 unspecified atom stereocenters. The van der Waals surface area contributed by atoms with Crippen molar-refractivity contribution in [2.75, 3.05) is 17.2 Å². The van der Waals surface area contributed by atoms with Crippen LogP contribution in [0, 0.1) is 11.3 Å². The van der Waals surface area contributed by atoms with Gasteiger partial charge in [0.2, 0.25) is 0 Å². The van der Waals surface area contributed by atoms with Gasteiger partial charge in [-0.1, -0.05) is 11.8 Å². The minimum atomic E-state index is 0.391. The van der Waals surface area contributed by atoms with Crippen molar-refractivity contribution >= 4 is 23.4 Å². The number of rotatable bonds is 5. The molecule has 0 atom stereocenters. The monoisotopic (exact) mass is 223 g/mol. The molecule has 5 nitrogen and oxygen atoms in total. The first-order valence-electron chi connectivity index (χ1n) is 4.62. The molecule has 0 bridgehead atoms. The van der Waals surface area contributed by atoms with E-state index in [1.807, 2.05) is 0 Å². The summed E-state index contributed by atoms with van der Waals surface area (Å²) >= 11 is 1.51. The zero-order chi connectivity index (χ0) is 11.1. The maximum Gasteiger partial charge on any atom is 0.191 e. The van der Waals surface area contributed by atoms with Gasteiger partial charge in [0.05, 0.1) is 6.07 Å². The van der Waals surface area contributed by atoms with Crippen LogP contribution in [0.3, 0.4) is 0 Å². The third-order valence-electron chi connectivity index (χ3n) is 1.66. The van der Waals surface area contributed by atoms with E-state index in [2.05, 4.69) is 16.0 Å². The Balaban J connectivity index is 2.34. The Hall–Kier alpha value is -1.48. The van der Waals surface area contributed by atoms with E-state index in [4.69, 9.17) is 16.7 Å². The summed E-state index contributed by atoms with van der Waals surface area (Å²) in [6.07, 6.45) is 2.47. The van der Waals surface area contributed by atoms with Crippen LogP contribution in [-0.4, -0.2) is 15.7 Å². The second-order valence-corrected chi connectivity index (χ2v) is 4.03. The number of nitrogens with zero attached hydrogens (tertiary/aromatic N) is 3. The third-order valence-corrected chi connectivity index (χ3v) is 2.59. The number of hydrogen-bond donors (Lipinski definition) is 2. The number of aromatic nitrogens is 2. The summed E-state index contributed by atoms with van der Waals surface area (Å²) in [5.41, 5.74) is 11.0. The maximum absolute atomic E-state index is 8.34. The Morgan fingerprint density at radius 3 is 2.53 bits per heavy atom. The Bertz CT molecular complexity index is 340. The zero-order valence-electron chi connectivity index (χ0n) is 8.31. The highest BCUT2D eigenvalue weighted by Crippen LogP contribution is 2.17. The van der Waals surface area contributed by atoms with E-state index < -0.39 is 0 Å². The summed E-state index contributed by atoms with van der Waals surface area (Å²) in [5, 5.41) is 8.94. The molecule has 4 N–H and O–H groups in total. The molecule has 0 fully saturated rings. The number of anilines is 2. The van der Waals surface area contributed by atoms with Crippen LogP contribution in [0.5, 0.6) is 0 Å². The second kappa shape index (κ2) is 6.09. The van der Waals surface area contributed by atoms with Crippen LogP contribution in [0.1, 0.15) is 19.3 Å². The summed E-state index contributed by atoms with van der Waals surface area (Å²) in [6, 6.07) is 3.63. The fourth-order valence-corrected chi connectivity index (χ4v) is 1.87. The third kappa shape index (κ3) is 4.51. The summed E-state index contributed by atoms with van der Waals surface area (Å²) in [5.74, 6) is 1.66. The fourth-order valence-electron chi connectivity index (χ4n) is 0.996. The molecule has 1 aromatic rings. The van der Waals surface area contributed by atoms with E-state index in [1.165, 1.54) is 17.8 Å². The molecule has 80 valence electrons. The van der Waals surface area contributed by atoms with Crippen molar-refractivity contribution in [2.24, 2.45) is 0 Å². The lowest BCUT2D eigenvalue weighted by atomic mass is 10.3. The van der Waals surface area contributed by atoms with Gasteiger partial charge < -0.3 is 11.5 Å². The Kier molecular flexibility index (Phi) is 4.71. The van der Waals surface area contributed by atoms with Gasteiger partial charge in [-0.2, -0.15) is 5.26 Å². The van der Waals surface area contributed by atoms with Gasteiger partial charge in [-0.3, -0.25) is 0 Å². The molecule has 0 aliphatic heterocycles. The lowest BCUT2D eigenvalue weighted by Crippen LogP contribution is -1.99. The number of nitriles is 1. The fraction of sp³-hybridized carbons (Fsp3) is 0.444. The SMILES string of the molecule is N#CCCCCSc1nc(N)cc(N)n1. The highest BCUT2D eigenvalue weighted by Gasteiger charge is 2.00. The van der Waals surface area contributed by atoms with E-state index in [0.717, 1.165) is 18.6 Å². The van der Waals surface area contributed by atoms with Crippen molar-refractivity contribution in [1.29, 1.82) is 5.26 Å². The van der Waals surface area contributed by atoms with Crippen LogP contribution < -0.4 is 11.5 Å². The van der Waals surface area contributed by atoms with Gasteiger partial charge in [0.25, 0.3) is 0 Å². The van der Waals surface area contributed by atoms with E-state index in [-0.39, 0.29) is 0 Å². The second-order valence-electron chi connectivity index (χ2n) is 2.96. The lowest BCUT2D eigenvalue weighted by Gasteiger charge is -2.01. The Morgan fingerprint density at radius 1 is 1.27 bits per heavy atom. The summed E-state index contributed by atoms with van der Waals surface area (Å²) in [4.78, 5) is 8.07. The van der Waals surface area contributed by atoms with Crippen molar-refractivity contribution in [1.82, 2.24) is 9.97 Å². The standard InChI is InChI=1S/C9H13N5S/c10-4-2-1-3-5-15-9-13-7(11)6-8(12)14-9/h6H,1-3,5H2,(H4,11,12,13,14). The number of nitrogens with two attached hydrogens (primary N) is 2. The van der Waals surface area contributed by atoms with Crippen molar-refractivity contribution in [3.8, 4) is 6.07 Å². The molecule has 0 saturated heterocycles. The van der Waals surface area contributed by atoms with Crippen LogP contribution in [0.25, 0.3) is 0 Å². The first kappa shape index (κ1) is 11.6. The normalized spacial score (nSPS) is 9.80. The highest BCUT2D eigenvalue weighted by atomic mass is 32.2. The first-order valence-corrected chi connectivity index (χ1v) is 5.60. The van der Waals surface area contributed by atoms with Gasteiger partial charge in [-0.15, -0.1) is 0 Å². The van der Waals surface area contributed by atoms with Gasteiger partial charge in [-0.05, 0) is 12.8 Å². The van der Waals surface area contributed by atoms with Crippen molar-refractivity contribution in [3.05, 3.63) is 6.07 Å². The highest BCUT2D eigenvalue weighted by molar-refractivity contribution is 7.99. The number of nitrogen functional groups attached to an aromatic ring is 2. The summed E-state index contributed by atoms with van der Waals surface area (Å²) < 4.78 is 0. The maximum atomic E-state index is 8.34. The van der Waals surface area contributed by atoms with E-state index >= 15 is 0 Å². The molecule has 0 saturated carbocycles. The number of thioether (sulfide) groups is 1. The lowest BCUT2D eigenvalue weighted by molar-refractivity contribution is 0.827. The minimum Gasteiger partial charge on any atom is -0.383 e. The zero-order valence-corrected chi connectivity index (χ0v) is 9.13. The van der Waals surface area contributed by atoms with Crippen molar-refractivity contribution < 1.29 is 0 Å². The molecule has 0 spiro atoms. The van der Waals surface area contributed by atoms with E-state index in [9.17, 15) is 0 Å². The summed E-state index contributed by atoms with van der Waals surface area (Å²) in [7, 11) is 0. The van der Waals surface area contributed by atoms with Gasteiger partial charge in [0.15, 0.2) is 5.16 Å². The molecule has 0 aliphatic rings. The largest absolute Gasteiger partial charge is 0.383 e. The minimum absolute atomic E-state index is 0.391. The van der Waals surface area contributed by atoms with Crippen LogP contribution in [-0.2, 0) is 0 Å². The van der Waals surface area contributed by atoms with Crippen LogP contribution in [0.15, 0.2) is 11.2 Å². The number of hydrogen-bond acceptors (Lipinski definition) is 6. The average Bonchev–Trinajstić information content (AvgIpc) is 2.16. The Morgan fingerprint density at radius 2 is 1.93 bits per heavy atom. The molecule has 0 amide bonds. The van der Waals surface area contributed by atoms with Gasteiger partial charge in [-0.25, -0.2) is 9.97 Å². The predicted octanol–water partition coefficient (Wildman–Crippen LogP) is 1.43. The molecular weight excluding hydrogens is 210 g/mol. The molecule has 15 heavy (non-hydrogen) atoms. The molecule has 0 aliphatic carbocycles. The molecule has 1 aromatic heterocycles. The molecule has 1 heterocycles. The predicted molar refractivity (Wildman–Crippen MR) is 61.0 cm³/mol. The van der Waals surface area contributed by atoms with E-state index in [1.54, 1.807) is 0 Å². The first-order chi connectivity index (χ1) is 7.22. The van der Waals surface area contributed by atoms with Crippen LogP contribution in [0.4, 0.5) is 11.6 Å². The van der Waals surface area contributed by atoms with Crippen molar-refractivity contribution in [2.45, 2.75) is 24.4 Å². The molecule has 0 aromatic carbocycles. The van der Waals surface area contributed by atoms with Crippen LogP contribution in [0.2, 0.25) is 0 Å². The van der Waals surface area contributed by atoms with Crippen molar-refractivity contribution in [3.63, 3.8) is 0 Å². The molecular formula is C9H13N5S. The topological polar surface area (TPSA) is 102 Å². The summed E-state index contributed by atoms with van der Waals surface area (Å²) in [6.45, 7) is 0. The van der Waals surface area contributed by atoms with Gasteiger partial charge in [0, 0.05) is 18.2 Å².